The zero-order valence-electron chi connectivity index (χ0n) is 13.9. The molecule has 0 amide bonds. The molecule has 3 aromatic rings. The lowest BCUT2D eigenvalue weighted by molar-refractivity contribution is -0.114. The minimum absolute atomic E-state index is 0.220. The number of carbonyl (C=O) groups excluding carboxylic acids is 1. The Balaban J connectivity index is 1.89. The van der Waals surface area contributed by atoms with Gasteiger partial charge in [0.1, 0.15) is 12.4 Å². The molecule has 0 unspecified atom stereocenters. The van der Waals surface area contributed by atoms with E-state index >= 15 is 0 Å². The summed E-state index contributed by atoms with van der Waals surface area (Å²) < 4.78 is 6.05. The van der Waals surface area contributed by atoms with E-state index < -0.39 is 0 Å². The van der Waals surface area contributed by atoms with Crippen molar-refractivity contribution in [3.63, 3.8) is 0 Å². The van der Waals surface area contributed by atoms with Crippen LogP contribution >= 0.6 is 0 Å². The first-order valence-electron chi connectivity index (χ1n) is 8.82. The van der Waals surface area contributed by atoms with Gasteiger partial charge in [0.25, 0.3) is 0 Å². The number of hydrogen-bond donors (Lipinski definition) is 0. The number of rotatable bonds is 1. The van der Waals surface area contributed by atoms with E-state index in [4.69, 9.17) is 4.74 Å². The summed E-state index contributed by atoms with van der Waals surface area (Å²) in [5.74, 6) is 1.11. The van der Waals surface area contributed by atoms with Gasteiger partial charge in [0.05, 0.1) is 5.57 Å². The summed E-state index contributed by atoms with van der Waals surface area (Å²) >= 11 is 0. The van der Waals surface area contributed by atoms with E-state index in [0.717, 1.165) is 40.7 Å². The molecule has 0 saturated heterocycles. The lowest BCUT2D eigenvalue weighted by Gasteiger charge is -2.29. The van der Waals surface area contributed by atoms with E-state index in [0.29, 0.717) is 13.0 Å². The molecule has 0 aromatic heterocycles. The highest BCUT2D eigenvalue weighted by atomic mass is 16.5. The number of hydrogen-bond acceptors (Lipinski definition) is 2. The van der Waals surface area contributed by atoms with Crippen molar-refractivity contribution in [1.29, 1.82) is 0 Å². The van der Waals surface area contributed by atoms with Gasteiger partial charge < -0.3 is 4.74 Å². The van der Waals surface area contributed by atoms with Crippen LogP contribution < -0.4 is 0 Å². The van der Waals surface area contributed by atoms with E-state index in [9.17, 15) is 4.79 Å². The molecule has 0 bridgehead atoms. The summed E-state index contributed by atoms with van der Waals surface area (Å²) in [6.45, 7) is 0.538. The minimum atomic E-state index is 0.220. The first-order chi connectivity index (χ1) is 12.3. The molecular weight excluding hydrogens is 308 g/mol. The third kappa shape index (κ3) is 2.21. The maximum Gasteiger partial charge on any atom is 0.166 e. The largest absolute Gasteiger partial charge is 0.492 e. The Labute approximate surface area is 146 Å². The van der Waals surface area contributed by atoms with Crippen LogP contribution in [0, 0.1) is 0 Å². The van der Waals surface area contributed by atoms with E-state index in [-0.39, 0.29) is 5.78 Å². The van der Waals surface area contributed by atoms with Crippen molar-refractivity contribution < 1.29 is 9.53 Å². The number of benzene rings is 3. The Morgan fingerprint density at radius 3 is 2.56 bits per heavy atom. The van der Waals surface area contributed by atoms with Crippen molar-refractivity contribution in [1.82, 2.24) is 0 Å². The molecule has 2 aliphatic rings. The summed E-state index contributed by atoms with van der Waals surface area (Å²) in [5, 5.41) is 2.33. The Bertz CT molecular complexity index is 1030. The molecule has 2 heteroatoms. The molecule has 0 N–H and O–H groups in total. The Kier molecular flexibility index (Phi) is 3.24. The van der Waals surface area contributed by atoms with Crippen molar-refractivity contribution in [3.05, 3.63) is 77.5 Å². The fourth-order valence-corrected chi connectivity index (χ4v) is 4.10. The normalized spacial score (nSPS) is 16.4. The topological polar surface area (TPSA) is 26.3 Å². The number of allylic oxidation sites excluding steroid dienone is 2. The van der Waals surface area contributed by atoms with Gasteiger partial charge in [-0.05, 0) is 34.4 Å². The Morgan fingerprint density at radius 1 is 0.880 bits per heavy atom. The monoisotopic (exact) mass is 326 g/mol. The molecule has 3 aromatic carbocycles. The van der Waals surface area contributed by atoms with Crippen LogP contribution in [0.25, 0.3) is 27.5 Å². The van der Waals surface area contributed by atoms with Crippen LogP contribution in [0.3, 0.4) is 0 Å². The van der Waals surface area contributed by atoms with Gasteiger partial charge in [-0.15, -0.1) is 0 Å². The predicted octanol–water partition coefficient (Wildman–Crippen LogP) is 5.50. The third-order valence-corrected chi connectivity index (χ3v) is 5.25. The summed E-state index contributed by atoms with van der Waals surface area (Å²) in [5.41, 5.74) is 5.39. The van der Waals surface area contributed by atoms with Crippen molar-refractivity contribution >= 4 is 22.1 Å². The number of ether oxygens (including phenoxy) is 1. The van der Waals surface area contributed by atoms with Gasteiger partial charge in [0, 0.05) is 24.0 Å². The molecule has 0 saturated carbocycles. The van der Waals surface area contributed by atoms with Crippen LogP contribution in [0.1, 0.15) is 30.4 Å². The zero-order chi connectivity index (χ0) is 16.8. The molecule has 0 fully saturated rings. The van der Waals surface area contributed by atoms with Gasteiger partial charge in [-0.25, -0.2) is 0 Å². The predicted molar refractivity (Wildman–Crippen MR) is 100.0 cm³/mol. The molecule has 122 valence electrons. The summed E-state index contributed by atoms with van der Waals surface area (Å²) in [6.07, 6.45) is 2.37. The number of ketones is 1. The highest BCUT2D eigenvalue weighted by Gasteiger charge is 2.31. The molecular formula is C23H18O2. The van der Waals surface area contributed by atoms with Crippen LogP contribution in [0.15, 0.2) is 66.4 Å². The SMILES string of the molecule is O=C1CCCC2=C1c1c(c(-c3ccccc3)cc3ccccc13)CO2. The molecule has 0 atom stereocenters. The zero-order valence-corrected chi connectivity index (χ0v) is 13.9. The summed E-state index contributed by atoms with van der Waals surface area (Å²) in [7, 11) is 0. The minimum Gasteiger partial charge on any atom is -0.492 e. The quantitative estimate of drug-likeness (QED) is 0.590. The van der Waals surface area contributed by atoms with Crippen molar-refractivity contribution in [2.45, 2.75) is 25.9 Å². The molecule has 1 aliphatic heterocycles. The standard InChI is InChI=1S/C23H18O2/c24-20-11-6-12-21-23(20)22-17-10-5-4-9-16(17)13-18(19(22)14-25-21)15-7-2-1-3-8-15/h1-5,7-10,13H,6,11-12,14H2. The van der Waals surface area contributed by atoms with Gasteiger partial charge >= 0.3 is 0 Å². The smallest absolute Gasteiger partial charge is 0.166 e. The maximum atomic E-state index is 12.7. The van der Waals surface area contributed by atoms with Crippen LogP contribution in [0.4, 0.5) is 0 Å². The van der Waals surface area contributed by atoms with Crippen LogP contribution in [0.2, 0.25) is 0 Å². The summed E-state index contributed by atoms with van der Waals surface area (Å²) in [6, 6.07) is 21.0. The van der Waals surface area contributed by atoms with Gasteiger partial charge in [-0.3, -0.25) is 4.79 Å². The van der Waals surface area contributed by atoms with Crippen LogP contribution in [0.5, 0.6) is 0 Å². The summed E-state index contributed by atoms with van der Waals surface area (Å²) in [4.78, 5) is 12.7. The first-order valence-corrected chi connectivity index (χ1v) is 8.82. The second kappa shape index (κ2) is 5.59. The van der Waals surface area contributed by atoms with Crippen molar-refractivity contribution in [3.8, 4) is 11.1 Å². The van der Waals surface area contributed by atoms with Gasteiger partial charge in [-0.2, -0.15) is 0 Å². The lowest BCUT2D eigenvalue weighted by atomic mass is 9.81. The highest BCUT2D eigenvalue weighted by molar-refractivity contribution is 6.26. The molecule has 5 rings (SSSR count). The molecule has 1 aliphatic carbocycles. The maximum absolute atomic E-state index is 12.7. The molecule has 2 nitrogen and oxygen atoms in total. The average molecular weight is 326 g/mol. The molecule has 0 radical (unpaired) electrons. The second-order valence-corrected chi connectivity index (χ2v) is 6.73. The number of Topliss-reactive ketones (excluding diaryl/α,β-unsaturated/α-hetero) is 1. The third-order valence-electron chi connectivity index (χ3n) is 5.25. The van der Waals surface area contributed by atoms with Gasteiger partial charge in [0.15, 0.2) is 5.78 Å². The second-order valence-electron chi connectivity index (χ2n) is 6.73. The van der Waals surface area contributed by atoms with E-state index in [2.05, 4.69) is 48.5 Å². The van der Waals surface area contributed by atoms with Gasteiger partial charge in [-0.1, -0.05) is 54.6 Å². The van der Waals surface area contributed by atoms with Crippen LogP contribution in [-0.4, -0.2) is 5.78 Å². The highest BCUT2D eigenvalue weighted by Crippen LogP contribution is 2.44. The Hall–Kier alpha value is -2.87. The molecule has 1 heterocycles. The lowest BCUT2D eigenvalue weighted by Crippen LogP contribution is -2.19. The van der Waals surface area contributed by atoms with Gasteiger partial charge in [0.2, 0.25) is 0 Å². The number of fused-ring (bicyclic) bond motifs is 4. The van der Waals surface area contributed by atoms with E-state index in [1.165, 1.54) is 16.5 Å². The van der Waals surface area contributed by atoms with Crippen LogP contribution in [-0.2, 0) is 16.1 Å². The Morgan fingerprint density at radius 2 is 1.68 bits per heavy atom. The van der Waals surface area contributed by atoms with E-state index in [1.54, 1.807) is 0 Å². The van der Waals surface area contributed by atoms with E-state index in [1.807, 2.05) is 12.1 Å². The average Bonchev–Trinajstić information content (AvgIpc) is 2.68. The fourth-order valence-electron chi connectivity index (χ4n) is 4.10. The molecule has 0 spiro atoms. The van der Waals surface area contributed by atoms with Crippen molar-refractivity contribution in [2.75, 3.05) is 0 Å². The first kappa shape index (κ1) is 14.5. The fraction of sp³-hybridized carbons (Fsp3) is 0.174. The number of carbonyl (C=O) groups is 1. The van der Waals surface area contributed by atoms with Crippen molar-refractivity contribution in [2.24, 2.45) is 0 Å². The molecule has 25 heavy (non-hydrogen) atoms.